The van der Waals surface area contributed by atoms with Gasteiger partial charge >= 0.3 is 0 Å². The average molecular weight is 743 g/mol. The monoisotopic (exact) mass is 742 g/mol. The van der Waals surface area contributed by atoms with Crippen molar-refractivity contribution in [3.63, 3.8) is 0 Å². The predicted molar refractivity (Wildman–Crippen MR) is 242 cm³/mol. The third kappa shape index (κ3) is 3.93. The minimum atomic E-state index is -0.0899. The Morgan fingerprint density at radius 1 is 0.328 bits per heavy atom. The lowest BCUT2D eigenvalue weighted by molar-refractivity contribution is 0.656. The highest BCUT2D eigenvalue weighted by Crippen LogP contribution is 2.56. The highest BCUT2D eigenvalue weighted by atomic mass is 16.3. The van der Waals surface area contributed by atoms with E-state index in [0.29, 0.717) is 0 Å². The zero-order valence-electron chi connectivity index (χ0n) is 32.8. The molecular weight excluding hydrogens is 705 g/mol. The zero-order valence-corrected chi connectivity index (χ0v) is 32.8. The molecule has 0 amide bonds. The van der Waals surface area contributed by atoms with Gasteiger partial charge in [0.15, 0.2) is 0 Å². The molecule has 0 radical (unpaired) electrons. The summed E-state index contributed by atoms with van der Waals surface area (Å²) in [7, 11) is 0. The lowest BCUT2D eigenvalue weighted by Gasteiger charge is -2.21. The molecule has 0 atom stereocenters. The molecule has 58 heavy (non-hydrogen) atoms. The molecule has 2 nitrogen and oxygen atoms in total. The van der Waals surface area contributed by atoms with Gasteiger partial charge in [0.25, 0.3) is 0 Å². The molecule has 0 N–H and O–H groups in total. The molecule has 0 aliphatic heterocycles. The van der Waals surface area contributed by atoms with E-state index in [9.17, 15) is 0 Å². The fourth-order valence-electron chi connectivity index (χ4n) is 11.2. The molecule has 2 aliphatic rings. The molecular formula is C56H38O2. The van der Waals surface area contributed by atoms with E-state index >= 15 is 0 Å². The molecule has 2 heteroatoms. The van der Waals surface area contributed by atoms with E-state index in [2.05, 4.69) is 185 Å². The maximum atomic E-state index is 7.01. The molecule has 274 valence electrons. The maximum absolute atomic E-state index is 7.01. The topological polar surface area (TPSA) is 26.3 Å². The normalized spacial score (nSPS) is 14.8. The third-order valence-corrected chi connectivity index (χ3v) is 13.9. The van der Waals surface area contributed by atoms with E-state index in [1.165, 1.54) is 93.5 Å². The van der Waals surface area contributed by atoms with E-state index in [-0.39, 0.29) is 10.8 Å². The summed E-state index contributed by atoms with van der Waals surface area (Å²) < 4.78 is 13.6. The molecule has 11 aromatic rings. The summed E-state index contributed by atoms with van der Waals surface area (Å²) in [5.74, 6) is 0. The predicted octanol–water partition coefficient (Wildman–Crippen LogP) is 15.7. The quantitative estimate of drug-likeness (QED) is 0.165. The smallest absolute Gasteiger partial charge is 0.143 e. The van der Waals surface area contributed by atoms with Gasteiger partial charge in [0.1, 0.15) is 22.3 Å². The van der Waals surface area contributed by atoms with E-state index < -0.39 is 0 Å². The summed E-state index contributed by atoms with van der Waals surface area (Å²) in [6.45, 7) is 9.37. The fourth-order valence-corrected chi connectivity index (χ4v) is 11.2. The van der Waals surface area contributed by atoms with Gasteiger partial charge in [0, 0.05) is 43.5 Å². The highest BCUT2D eigenvalue weighted by Gasteiger charge is 2.39. The van der Waals surface area contributed by atoms with Gasteiger partial charge < -0.3 is 8.83 Å². The molecule has 0 unspecified atom stereocenters. The second-order valence-electron chi connectivity index (χ2n) is 17.5. The van der Waals surface area contributed by atoms with Crippen molar-refractivity contribution in [2.45, 2.75) is 38.5 Å². The second-order valence-corrected chi connectivity index (χ2v) is 17.5. The van der Waals surface area contributed by atoms with Crippen molar-refractivity contribution in [1.82, 2.24) is 0 Å². The van der Waals surface area contributed by atoms with Crippen molar-refractivity contribution in [1.29, 1.82) is 0 Å². The molecule has 0 bridgehead atoms. The lowest BCUT2D eigenvalue weighted by atomic mass is 9.82. The van der Waals surface area contributed by atoms with Crippen LogP contribution in [-0.4, -0.2) is 0 Å². The van der Waals surface area contributed by atoms with E-state index in [1.807, 2.05) is 0 Å². The van der Waals surface area contributed by atoms with Crippen LogP contribution in [0, 0.1) is 0 Å². The number of hydrogen-bond donors (Lipinski definition) is 0. The Hall–Kier alpha value is -6.90. The minimum Gasteiger partial charge on any atom is -0.456 e. The lowest BCUT2D eigenvalue weighted by Crippen LogP contribution is -2.14. The Kier molecular flexibility index (Phi) is 6.07. The first-order valence-electron chi connectivity index (χ1n) is 20.4. The Morgan fingerprint density at radius 2 is 0.793 bits per heavy atom. The van der Waals surface area contributed by atoms with Crippen LogP contribution in [-0.2, 0) is 10.8 Å². The first kappa shape index (κ1) is 32.2. The van der Waals surface area contributed by atoms with Crippen molar-refractivity contribution in [2.75, 3.05) is 0 Å². The van der Waals surface area contributed by atoms with Crippen LogP contribution < -0.4 is 0 Å². The van der Waals surface area contributed by atoms with Crippen LogP contribution in [0.15, 0.2) is 167 Å². The van der Waals surface area contributed by atoms with E-state index in [1.54, 1.807) is 0 Å². The summed E-state index contributed by atoms with van der Waals surface area (Å²) >= 11 is 0. The fraction of sp³-hybridized carbons (Fsp3) is 0.107. The molecule has 2 aliphatic carbocycles. The zero-order chi connectivity index (χ0) is 38.7. The minimum absolute atomic E-state index is 0.0869. The Bertz CT molecular complexity index is 3570. The van der Waals surface area contributed by atoms with Crippen LogP contribution in [0.25, 0.3) is 110 Å². The van der Waals surface area contributed by atoms with Crippen LogP contribution in [0.1, 0.15) is 49.9 Å². The molecule has 2 aromatic heterocycles. The summed E-state index contributed by atoms with van der Waals surface area (Å²) in [4.78, 5) is 0. The van der Waals surface area contributed by atoms with Gasteiger partial charge in [-0.2, -0.15) is 0 Å². The maximum Gasteiger partial charge on any atom is 0.143 e. The molecule has 0 saturated carbocycles. The molecule has 9 aromatic carbocycles. The van der Waals surface area contributed by atoms with E-state index in [4.69, 9.17) is 8.83 Å². The molecule has 0 spiro atoms. The SMILES string of the molecule is CC1(C)c2ccccc2-c2c1ccc1oc3ccc(-c4c5ccccc5c(-c5cccc6c5oc5ccc7c(c56)-c5ccccc5C7(C)C)c5ccccc45)cc3c21. The summed E-state index contributed by atoms with van der Waals surface area (Å²) in [5.41, 5.74) is 18.9. The van der Waals surface area contributed by atoms with E-state index in [0.717, 1.165) is 38.7 Å². The van der Waals surface area contributed by atoms with Gasteiger partial charge in [-0.1, -0.05) is 161 Å². The van der Waals surface area contributed by atoms with Crippen molar-refractivity contribution < 1.29 is 8.83 Å². The Balaban J connectivity index is 1.09. The summed E-state index contributed by atoms with van der Waals surface area (Å²) in [6.07, 6.45) is 0. The van der Waals surface area contributed by atoms with Gasteiger partial charge in [0.2, 0.25) is 0 Å². The van der Waals surface area contributed by atoms with Crippen LogP contribution >= 0.6 is 0 Å². The van der Waals surface area contributed by atoms with Crippen LogP contribution in [0.2, 0.25) is 0 Å². The largest absolute Gasteiger partial charge is 0.456 e. The van der Waals surface area contributed by atoms with Crippen molar-refractivity contribution in [3.8, 4) is 44.5 Å². The van der Waals surface area contributed by atoms with Crippen LogP contribution in [0.3, 0.4) is 0 Å². The number of para-hydroxylation sites is 1. The standard InChI is InChI=1S/C56H38O2/c1-55(2)41-22-11-9-18-36(41)50-43(55)26-29-47-52(50)39-21-13-20-38(54(39)58-47)49-34-16-7-5-14-32(34)48(33-15-6-8-17-35(33)49)31-24-27-45-40(30-31)53-46(57-45)28-25-44-51(53)37-19-10-12-23-42(37)56(44,3)4/h5-30H,1-4H3. The first-order valence-corrected chi connectivity index (χ1v) is 20.4. The van der Waals surface area contributed by atoms with Gasteiger partial charge in [0.05, 0.1) is 0 Å². The van der Waals surface area contributed by atoms with Crippen LogP contribution in [0.4, 0.5) is 0 Å². The van der Waals surface area contributed by atoms with Crippen LogP contribution in [0.5, 0.6) is 0 Å². The number of benzene rings is 9. The number of fused-ring (bicyclic) bond motifs is 16. The number of rotatable bonds is 2. The van der Waals surface area contributed by atoms with Gasteiger partial charge in [-0.3, -0.25) is 0 Å². The Labute approximate surface area is 336 Å². The molecule has 0 fully saturated rings. The third-order valence-electron chi connectivity index (χ3n) is 13.9. The molecule has 2 heterocycles. The highest BCUT2D eigenvalue weighted by molar-refractivity contribution is 6.26. The van der Waals surface area contributed by atoms with Gasteiger partial charge in [-0.25, -0.2) is 0 Å². The van der Waals surface area contributed by atoms with Gasteiger partial charge in [-0.15, -0.1) is 0 Å². The molecule has 13 rings (SSSR count). The second kappa shape index (κ2) is 10.9. The summed E-state index contributed by atoms with van der Waals surface area (Å²) in [6, 6.07) is 58.1. The molecule has 0 saturated heterocycles. The summed E-state index contributed by atoms with van der Waals surface area (Å²) in [5, 5.41) is 9.54. The van der Waals surface area contributed by atoms with Crippen molar-refractivity contribution in [3.05, 3.63) is 180 Å². The van der Waals surface area contributed by atoms with Gasteiger partial charge in [-0.05, 0) is 101 Å². The number of furan rings is 2. The Morgan fingerprint density at radius 3 is 1.40 bits per heavy atom. The average Bonchev–Trinajstić information content (AvgIpc) is 3.95. The first-order chi connectivity index (χ1) is 28.3. The van der Waals surface area contributed by atoms with Crippen molar-refractivity contribution >= 4 is 65.4 Å². The van der Waals surface area contributed by atoms with Crippen molar-refractivity contribution in [2.24, 2.45) is 0 Å². The number of hydrogen-bond acceptors (Lipinski definition) is 2.